The first-order valence-electron chi connectivity index (χ1n) is 8.97. The van der Waals surface area contributed by atoms with Crippen molar-refractivity contribution >= 4 is 0 Å². The molecule has 1 fully saturated rings. The monoisotopic (exact) mass is 347 g/mol. The molecule has 3 rings (SSSR count). The molecule has 0 saturated carbocycles. The summed E-state index contributed by atoms with van der Waals surface area (Å²) in [5, 5.41) is 4.08. The van der Waals surface area contributed by atoms with Gasteiger partial charge in [-0.05, 0) is 30.7 Å². The smallest absolute Gasteiger partial charge is 0.226 e. The lowest BCUT2D eigenvalue weighted by molar-refractivity contribution is 0.220. The second-order valence-corrected chi connectivity index (χ2v) is 6.50. The summed E-state index contributed by atoms with van der Waals surface area (Å²) in [5.74, 6) is 1.62. The summed E-state index contributed by atoms with van der Waals surface area (Å²) in [7, 11) is 0. The second kappa shape index (κ2) is 8.51. The largest absolute Gasteiger partial charge is 0.339 e. The van der Waals surface area contributed by atoms with Crippen LogP contribution in [-0.4, -0.2) is 34.7 Å². The summed E-state index contributed by atoms with van der Waals surface area (Å²) in [6.45, 7) is 7.58. The van der Waals surface area contributed by atoms with Crippen LogP contribution in [0.25, 0.3) is 0 Å². The Labute approximate surface area is 147 Å². The normalized spacial score (nSPS) is 20.5. The number of hydrogen-bond acceptors (Lipinski definition) is 6. The molecule has 1 aromatic heterocycles. The number of rotatable bonds is 8. The molecular weight excluding hydrogens is 321 g/mol. The number of nitrogens with zero attached hydrogens (tertiary/aromatic N) is 3. The van der Waals surface area contributed by atoms with E-state index in [-0.39, 0.29) is 11.9 Å². The number of aryl methyl sites for hydroxylation is 1. The van der Waals surface area contributed by atoms with E-state index in [0.717, 1.165) is 43.9 Å². The molecule has 2 N–H and O–H groups in total. The van der Waals surface area contributed by atoms with Crippen LogP contribution >= 0.6 is 0 Å². The summed E-state index contributed by atoms with van der Waals surface area (Å²) in [4.78, 5) is 6.77. The third-order valence-electron chi connectivity index (χ3n) is 4.60. The van der Waals surface area contributed by atoms with Gasteiger partial charge in [-0.3, -0.25) is 10.3 Å². The first kappa shape index (κ1) is 18.0. The van der Waals surface area contributed by atoms with E-state index in [4.69, 9.17) is 4.52 Å². The Hall–Kier alpha value is -1.83. The number of hydrazine groups is 1. The van der Waals surface area contributed by atoms with Crippen LogP contribution in [0.2, 0.25) is 0 Å². The first-order valence-corrected chi connectivity index (χ1v) is 8.97. The summed E-state index contributed by atoms with van der Waals surface area (Å²) >= 11 is 0. The SMILES string of the molecule is CCCc1nc(CN(CC)CC2CNNC2c2ccc(F)cc2)no1. The van der Waals surface area contributed by atoms with E-state index in [1.807, 2.05) is 12.1 Å². The molecule has 0 aliphatic carbocycles. The highest BCUT2D eigenvalue weighted by Crippen LogP contribution is 2.26. The highest BCUT2D eigenvalue weighted by atomic mass is 19.1. The molecule has 1 aromatic carbocycles. The van der Waals surface area contributed by atoms with Gasteiger partial charge in [0.15, 0.2) is 5.82 Å². The molecule has 2 heterocycles. The third-order valence-corrected chi connectivity index (χ3v) is 4.60. The molecule has 1 aliphatic rings. The molecule has 25 heavy (non-hydrogen) atoms. The van der Waals surface area contributed by atoms with Crippen LogP contribution < -0.4 is 10.9 Å². The van der Waals surface area contributed by atoms with Crippen LogP contribution in [0.4, 0.5) is 4.39 Å². The van der Waals surface area contributed by atoms with Crippen molar-refractivity contribution in [3.8, 4) is 0 Å². The van der Waals surface area contributed by atoms with Gasteiger partial charge >= 0.3 is 0 Å². The van der Waals surface area contributed by atoms with Gasteiger partial charge in [0, 0.05) is 25.4 Å². The fourth-order valence-electron chi connectivity index (χ4n) is 3.24. The number of benzene rings is 1. The van der Waals surface area contributed by atoms with Crippen molar-refractivity contribution in [2.45, 2.75) is 39.3 Å². The van der Waals surface area contributed by atoms with Crippen LogP contribution in [0.5, 0.6) is 0 Å². The van der Waals surface area contributed by atoms with Gasteiger partial charge in [-0.25, -0.2) is 9.82 Å². The van der Waals surface area contributed by atoms with Crippen molar-refractivity contribution in [2.24, 2.45) is 5.92 Å². The van der Waals surface area contributed by atoms with Crippen molar-refractivity contribution in [3.05, 3.63) is 47.4 Å². The maximum absolute atomic E-state index is 13.2. The van der Waals surface area contributed by atoms with E-state index in [1.54, 1.807) is 0 Å². The topological polar surface area (TPSA) is 66.2 Å². The minimum Gasteiger partial charge on any atom is -0.339 e. The molecule has 136 valence electrons. The molecule has 6 nitrogen and oxygen atoms in total. The van der Waals surface area contributed by atoms with E-state index >= 15 is 0 Å². The van der Waals surface area contributed by atoms with Gasteiger partial charge in [-0.1, -0.05) is 31.1 Å². The number of halogens is 1. The predicted octanol–water partition coefficient (Wildman–Crippen LogP) is 2.45. The molecule has 0 amide bonds. The van der Waals surface area contributed by atoms with Crippen LogP contribution in [0.1, 0.15) is 43.6 Å². The Bertz CT molecular complexity index is 660. The van der Waals surface area contributed by atoms with Crippen molar-refractivity contribution in [1.82, 2.24) is 25.9 Å². The summed E-state index contributed by atoms with van der Waals surface area (Å²) in [6, 6.07) is 6.88. The second-order valence-electron chi connectivity index (χ2n) is 6.50. The average Bonchev–Trinajstić information content (AvgIpc) is 3.25. The fraction of sp³-hybridized carbons (Fsp3) is 0.556. The summed E-state index contributed by atoms with van der Waals surface area (Å²) in [6.07, 6.45) is 1.82. The molecule has 1 aliphatic heterocycles. The highest BCUT2D eigenvalue weighted by Gasteiger charge is 2.29. The highest BCUT2D eigenvalue weighted by molar-refractivity contribution is 5.21. The van der Waals surface area contributed by atoms with Gasteiger partial charge in [0.25, 0.3) is 0 Å². The Kier molecular flexibility index (Phi) is 6.12. The zero-order valence-corrected chi connectivity index (χ0v) is 14.8. The van der Waals surface area contributed by atoms with Crippen molar-refractivity contribution in [1.29, 1.82) is 0 Å². The van der Waals surface area contributed by atoms with Crippen molar-refractivity contribution in [2.75, 3.05) is 19.6 Å². The van der Waals surface area contributed by atoms with E-state index in [0.29, 0.717) is 18.4 Å². The number of hydrogen-bond donors (Lipinski definition) is 2. The quantitative estimate of drug-likeness (QED) is 0.765. The Morgan fingerprint density at radius 3 is 2.80 bits per heavy atom. The average molecular weight is 347 g/mol. The molecule has 2 atom stereocenters. The fourth-order valence-corrected chi connectivity index (χ4v) is 3.24. The van der Waals surface area contributed by atoms with Gasteiger partial charge in [0.05, 0.1) is 12.6 Å². The van der Waals surface area contributed by atoms with E-state index in [1.165, 1.54) is 12.1 Å². The zero-order valence-electron chi connectivity index (χ0n) is 14.8. The van der Waals surface area contributed by atoms with Gasteiger partial charge in [-0.15, -0.1) is 0 Å². The molecule has 0 spiro atoms. The van der Waals surface area contributed by atoms with Gasteiger partial charge in [0.1, 0.15) is 5.82 Å². The molecule has 0 radical (unpaired) electrons. The molecule has 7 heteroatoms. The van der Waals surface area contributed by atoms with Gasteiger partial charge in [-0.2, -0.15) is 4.98 Å². The van der Waals surface area contributed by atoms with Crippen LogP contribution in [0.3, 0.4) is 0 Å². The summed E-state index contributed by atoms with van der Waals surface area (Å²) in [5.41, 5.74) is 7.63. The predicted molar refractivity (Wildman–Crippen MR) is 93.0 cm³/mol. The van der Waals surface area contributed by atoms with Crippen molar-refractivity contribution in [3.63, 3.8) is 0 Å². The van der Waals surface area contributed by atoms with Gasteiger partial charge in [0.2, 0.25) is 5.89 Å². The lowest BCUT2D eigenvalue weighted by Gasteiger charge is -2.26. The maximum Gasteiger partial charge on any atom is 0.226 e. The zero-order chi connectivity index (χ0) is 17.6. The lowest BCUT2D eigenvalue weighted by Crippen LogP contribution is -2.33. The van der Waals surface area contributed by atoms with Crippen LogP contribution in [0, 0.1) is 11.7 Å². The van der Waals surface area contributed by atoms with E-state index in [9.17, 15) is 4.39 Å². The number of aromatic nitrogens is 2. The Morgan fingerprint density at radius 1 is 1.28 bits per heavy atom. The minimum atomic E-state index is -0.207. The molecule has 1 saturated heterocycles. The summed E-state index contributed by atoms with van der Waals surface area (Å²) < 4.78 is 18.4. The van der Waals surface area contributed by atoms with E-state index in [2.05, 4.69) is 39.7 Å². The van der Waals surface area contributed by atoms with E-state index < -0.39 is 0 Å². The van der Waals surface area contributed by atoms with Crippen LogP contribution in [-0.2, 0) is 13.0 Å². The van der Waals surface area contributed by atoms with Crippen LogP contribution in [0.15, 0.2) is 28.8 Å². The standard InChI is InChI=1S/C18H26FN5O/c1-3-5-17-21-16(23-25-17)12-24(4-2)11-14-10-20-22-18(14)13-6-8-15(19)9-7-13/h6-9,14,18,20,22H,3-5,10-12H2,1-2H3. The third kappa shape index (κ3) is 4.62. The van der Waals surface area contributed by atoms with Crippen molar-refractivity contribution < 1.29 is 8.91 Å². The Morgan fingerprint density at radius 2 is 2.08 bits per heavy atom. The Balaban J connectivity index is 1.62. The molecule has 2 unspecified atom stereocenters. The molecular formula is C18H26FN5O. The molecule has 2 aromatic rings. The van der Waals surface area contributed by atoms with Gasteiger partial charge < -0.3 is 4.52 Å². The number of nitrogens with one attached hydrogen (secondary N) is 2. The lowest BCUT2D eigenvalue weighted by atomic mass is 9.94. The maximum atomic E-state index is 13.2. The molecule has 0 bridgehead atoms. The minimum absolute atomic E-state index is 0.163. The first-order chi connectivity index (χ1) is 12.2.